The largest absolute Gasteiger partial charge is 0.464 e. The lowest BCUT2D eigenvalue weighted by molar-refractivity contribution is -0.385. The molecule has 3 heterocycles. The molecule has 0 fully saturated rings. The molecule has 11 heteroatoms. The van der Waals surface area contributed by atoms with E-state index in [1.54, 1.807) is 12.3 Å². The number of nitro groups is 1. The first kappa shape index (κ1) is 26.1. The summed E-state index contributed by atoms with van der Waals surface area (Å²) in [6.07, 6.45) is 5.23. The number of carbonyl (C=O) groups is 1. The number of para-hydroxylation sites is 1. The van der Waals surface area contributed by atoms with Crippen LogP contribution >= 0.6 is 0 Å². The van der Waals surface area contributed by atoms with Crippen LogP contribution in [0.4, 0.5) is 11.5 Å². The number of fused-ring (bicyclic) bond motifs is 1. The smallest absolute Gasteiger partial charge is 0.287 e. The molecule has 1 aliphatic rings. The number of aliphatic hydroxyl groups is 1. The third-order valence-electron chi connectivity index (χ3n) is 6.18. The average Bonchev–Trinajstić information content (AvgIpc) is 3.34. The molecule has 2 aromatic heterocycles. The van der Waals surface area contributed by atoms with E-state index in [1.807, 2.05) is 31.2 Å². The third kappa shape index (κ3) is 6.25. The molecule has 1 aliphatic heterocycles. The summed E-state index contributed by atoms with van der Waals surface area (Å²) in [6, 6.07) is 10.6. The van der Waals surface area contributed by atoms with Gasteiger partial charge in [0.25, 0.3) is 11.6 Å². The minimum absolute atomic E-state index is 0.0435. The molecule has 0 aliphatic carbocycles. The van der Waals surface area contributed by atoms with Gasteiger partial charge in [-0.05, 0) is 38.0 Å². The van der Waals surface area contributed by atoms with Crippen molar-refractivity contribution in [2.24, 2.45) is 5.92 Å². The number of nitrogens with one attached hydrogen (secondary N) is 2. The molecule has 0 radical (unpaired) electrons. The molecule has 3 aromatic rings. The molecule has 3 N–H and O–H groups in total. The summed E-state index contributed by atoms with van der Waals surface area (Å²) in [7, 11) is 0. The summed E-state index contributed by atoms with van der Waals surface area (Å²) >= 11 is 0. The molecule has 0 spiro atoms. The number of hydrogen-bond acceptors (Lipinski definition) is 9. The predicted octanol–water partition coefficient (Wildman–Crippen LogP) is 3.71. The number of allylic oxidation sites excluding steroid dienone is 1. The van der Waals surface area contributed by atoms with E-state index < -0.39 is 11.2 Å². The van der Waals surface area contributed by atoms with E-state index in [1.165, 1.54) is 18.3 Å². The standard InChI is InChI=1S/C26H30N4O7/c1-2-35-26-19(7-5-13-31)20(21-16-36-22-8-4-3-6-18(21)22)14-23(37-26)25(32)28-12-11-27-24-10-9-17(15-29-24)30(33)34/h3-4,6,8-10,14-16,19-20,26,31H,2,5,7,11-13H2,1H3,(H,27,29)(H,28,32)/t19-,20+,26-/m0/s1. The number of pyridine rings is 1. The second kappa shape index (κ2) is 12.3. The van der Waals surface area contributed by atoms with Gasteiger partial charge in [-0.2, -0.15) is 0 Å². The first-order valence-electron chi connectivity index (χ1n) is 12.2. The van der Waals surface area contributed by atoms with Crippen molar-refractivity contribution in [3.63, 3.8) is 0 Å². The minimum atomic E-state index is -0.664. The van der Waals surface area contributed by atoms with Gasteiger partial charge in [-0.15, -0.1) is 0 Å². The Morgan fingerprint density at radius 3 is 2.81 bits per heavy atom. The lowest BCUT2D eigenvalue weighted by Gasteiger charge is -2.36. The number of furan rings is 1. The fourth-order valence-corrected chi connectivity index (χ4v) is 4.43. The quantitative estimate of drug-likeness (QED) is 0.188. The van der Waals surface area contributed by atoms with Crippen molar-refractivity contribution in [2.45, 2.75) is 32.0 Å². The molecule has 3 atom stereocenters. The number of hydrogen-bond donors (Lipinski definition) is 3. The molecular formula is C26H30N4O7. The number of nitrogens with zero attached hydrogens (tertiary/aromatic N) is 2. The molecule has 0 saturated heterocycles. The zero-order valence-electron chi connectivity index (χ0n) is 20.5. The van der Waals surface area contributed by atoms with E-state index in [9.17, 15) is 20.0 Å². The molecule has 0 saturated carbocycles. The second-order valence-corrected chi connectivity index (χ2v) is 8.56. The Morgan fingerprint density at radius 1 is 1.24 bits per heavy atom. The van der Waals surface area contributed by atoms with Crippen LogP contribution in [0.25, 0.3) is 11.0 Å². The zero-order chi connectivity index (χ0) is 26.2. The van der Waals surface area contributed by atoms with Crippen LogP contribution in [0.15, 0.2) is 65.1 Å². The van der Waals surface area contributed by atoms with Gasteiger partial charge < -0.3 is 29.6 Å². The zero-order valence-corrected chi connectivity index (χ0v) is 20.5. The molecule has 1 aromatic carbocycles. The Balaban J connectivity index is 1.48. The normalized spacial score (nSPS) is 19.2. The Hall–Kier alpha value is -3.96. The maximum atomic E-state index is 13.0. The number of amides is 1. The van der Waals surface area contributed by atoms with E-state index in [-0.39, 0.29) is 42.3 Å². The van der Waals surface area contributed by atoms with Gasteiger partial charge in [0, 0.05) is 55.2 Å². The highest BCUT2D eigenvalue weighted by molar-refractivity contribution is 5.92. The lowest BCUT2D eigenvalue weighted by atomic mass is 9.80. The highest BCUT2D eigenvalue weighted by Gasteiger charge is 2.39. The summed E-state index contributed by atoms with van der Waals surface area (Å²) in [5.74, 6) is -0.116. The van der Waals surface area contributed by atoms with Crippen LogP contribution in [0.5, 0.6) is 0 Å². The lowest BCUT2D eigenvalue weighted by Crippen LogP contribution is -2.39. The van der Waals surface area contributed by atoms with Crippen molar-refractivity contribution in [3.05, 3.63) is 76.4 Å². The molecule has 37 heavy (non-hydrogen) atoms. The average molecular weight is 511 g/mol. The van der Waals surface area contributed by atoms with E-state index in [4.69, 9.17) is 13.9 Å². The van der Waals surface area contributed by atoms with Crippen LogP contribution in [0.2, 0.25) is 0 Å². The van der Waals surface area contributed by atoms with Crippen molar-refractivity contribution in [1.29, 1.82) is 0 Å². The molecule has 0 bridgehead atoms. The van der Waals surface area contributed by atoms with Crippen molar-refractivity contribution in [2.75, 3.05) is 31.6 Å². The summed E-state index contributed by atoms with van der Waals surface area (Å²) in [4.78, 5) is 27.3. The monoisotopic (exact) mass is 510 g/mol. The Bertz CT molecular complexity index is 1240. The first-order chi connectivity index (χ1) is 18.0. The Kier molecular flexibility index (Phi) is 8.70. The van der Waals surface area contributed by atoms with Crippen molar-refractivity contribution < 1.29 is 28.7 Å². The van der Waals surface area contributed by atoms with Crippen molar-refractivity contribution in [3.8, 4) is 0 Å². The van der Waals surface area contributed by atoms with Gasteiger partial charge in [0.05, 0.1) is 11.2 Å². The fourth-order valence-electron chi connectivity index (χ4n) is 4.43. The van der Waals surface area contributed by atoms with Gasteiger partial charge in [0.2, 0.25) is 6.29 Å². The Morgan fingerprint density at radius 2 is 2.08 bits per heavy atom. The molecule has 4 rings (SSSR count). The van der Waals surface area contributed by atoms with Gasteiger partial charge in [-0.3, -0.25) is 14.9 Å². The summed E-state index contributed by atoms with van der Waals surface area (Å²) in [6.45, 7) is 2.94. The molecule has 1 amide bonds. The van der Waals surface area contributed by atoms with Crippen LogP contribution < -0.4 is 10.6 Å². The summed E-state index contributed by atoms with van der Waals surface area (Å²) < 4.78 is 17.7. The molecular weight excluding hydrogens is 480 g/mol. The SMILES string of the molecule is CCO[C@H]1OC(C(=O)NCCNc2ccc([N+](=O)[O-])cn2)=C[C@@H](c2coc3ccccc23)[C@@H]1CCCO. The fraction of sp³-hybridized carbons (Fsp3) is 0.385. The van der Waals surface area contributed by atoms with Crippen LogP contribution in [0, 0.1) is 16.0 Å². The van der Waals surface area contributed by atoms with E-state index in [2.05, 4.69) is 15.6 Å². The van der Waals surface area contributed by atoms with E-state index >= 15 is 0 Å². The third-order valence-corrected chi connectivity index (χ3v) is 6.18. The Labute approximate surface area is 213 Å². The van der Waals surface area contributed by atoms with Gasteiger partial charge in [0.15, 0.2) is 5.76 Å². The maximum Gasteiger partial charge on any atom is 0.287 e. The molecule has 11 nitrogen and oxygen atoms in total. The topological polar surface area (TPSA) is 149 Å². The van der Waals surface area contributed by atoms with Crippen LogP contribution in [-0.4, -0.2) is 53.5 Å². The molecule has 0 unspecified atom stereocenters. The number of ether oxygens (including phenoxy) is 2. The number of aliphatic hydroxyl groups excluding tert-OH is 1. The summed E-state index contributed by atoms with van der Waals surface area (Å²) in [5.41, 5.74) is 1.59. The number of carbonyl (C=O) groups excluding carboxylic acids is 1. The first-order valence-corrected chi connectivity index (χ1v) is 12.2. The van der Waals surface area contributed by atoms with Gasteiger partial charge in [0.1, 0.15) is 17.6 Å². The van der Waals surface area contributed by atoms with E-state index in [0.717, 1.165) is 16.5 Å². The van der Waals surface area contributed by atoms with Crippen LogP contribution in [-0.2, 0) is 14.3 Å². The van der Waals surface area contributed by atoms with Gasteiger partial charge in [-0.1, -0.05) is 18.2 Å². The van der Waals surface area contributed by atoms with E-state index in [0.29, 0.717) is 31.8 Å². The number of aromatic nitrogens is 1. The van der Waals surface area contributed by atoms with Crippen LogP contribution in [0.3, 0.4) is 0 Å². The number of rotatable bonds is 12. The number of benzene rings is 1. The van der Waals surface area contributed by atoms with Crippen molar-refractivity contribution in [1.82, 2.24) is 10.3 Å². The second-order valence-electron chi connectivity index (χ2n) is 8.56. The summed E-state index contributed by atoms with van der Waals surface area (Å²) in [5, 5.41) is 27.0. The van der Waals surface area contributed by atoms with Crippen molar-refractivity contribution >= 4 is 28.4 Å². The maximum absolute atomic E-state index is 13.0. The highest BCUT2D eigenvalue weighted by atomic mass is 16.7. The minimum Gasteiger partial charge on any atom is -0.464 e. The number of anilines is 1. The predicted molar refractivity (Wildman–Crippen MR) is 136 cm³/mol. The van der Waals surface area contributed by atoms with Gasteiger partial charge in [-0.25, -0.2) is 4.98 Å². The van der Waals surface area contributed by atoms with Gasteiger partial charge >= 0.3 is 0 Å². The van der Waals surface area contributed by atoms with Crippen LogP contribution in [0.1, 0.15) is 31.2 Å². The molecule has 196 valence electrons. The highest BCUT2D eigenvalue weighted by Crippen LogP contribution is 2.42.